The van der Waals surface area contributed by atoms with Gasteiger partial charge in [-0.25, -0.2) is 0 Å². The van der Waals surface area contributed by atoms with Crippen molar-refractivity contribution in [3.63, 3.8) is 0 Å². The van der Waals surface area contributed by atoms with Crippen LogP contribution >= 0.6 is 23.5 Å². The van der Waals surface area contributed by atoms with Gasteiger partial charge in [-0.05, 0) is 50.5 Å². The molecule has 0 saturated carbocycles. The van der Waals surface area contributed by atoms with Crippen LogP contribution in [0.3, 0.4) is 0 Å². The van der Waals surface area contributed by atoms with Crippen molar-refractivity contribution in [2.24, 2.45) is 0 Å². The molecule has 1 aliphatic heterocycles. The quantitative estimate of drug-likeness (QED) is 0.212. The van der Waals surface area contributed by atoms with Crippen molar-refractivity contribution in [2.45, 2.75) is 69.0 Å². The molecule has 0 spiro atoms. The van der Waals surface area contributed by atoms with E-state index in [2.05, 4.69) is 0 Å². The molecule has 0 aromatic heterocycles. The topological polar surface area (TPSA) is 130 Å². The third kappa shape index (κ3) is 8.70. The second-order valence-electron chi connectivity index (χ2n) is 8.27. The van der Waals surface area contributed by atoms with Gasteiger partial charge in [0.15, 0.2) is 5.78 Å². The van der Waals surface area contributed by atoms with Crippen molar-refractivity contribution in [3.8, 4) is 11.5 Å². The molecule has 1 unspecified atom stereocenters. The Kier molecular flexibility index (Phi) is 11.5. The van der Waals surface area contributed by atoms with Gasteiger partial charge in [0, 0.05) is 29.4 Å². The number of ether oxygens (including phenoxy) is 2. The number of carbonyl (C=O) groups excluding carboxylic acids is 1. The second-order valence-corrected chi connectivity index (χ2v) is 11.1. The number of aromatic hydroxyl groups is 1. The Morgan fingerprint density at radius 2 is 1.88 bits per heavy atom. The molecule has 8 nitrogen and oxygen atoms in total. The molecule has 1 saturated heterocycles. The molecule has 3 N–H and O–H groups in total. The van der Waals surface area contributed by atoms with Crippen molar-refractivity contribution in [2.75, 3.05) is 24.7 Å². The minimum absolute atomic E-state index is 0.00811. The number of phenolic OH excluding ortho intramolecular Hbond substituents is 1. The zero-order chi connectivity index (χ0) is 25.1. The van der Waals surface area contributed by atoms with Crippen molar-refractivity contribution in [1.82, 2.24) is 0 Å². The Hall–Kier alpha value is -1.91. The van der Waals surface area contributed by atoms with E-state index in [1.165, 1.54) is 6.92 Å². The van der Waals surface area contributed by atoms with Gasteiger partial charge in [0.25, 0.3) is 0 Å². The SMILES string of the molecule is CCCc1c(OCCCSCC2COC(CCC(=O)O)(CCC(=O)O)S2)ccc(C(C)=O)c1O. The lowest BCUT2D eigenvalue weighted by Crippen LogP contribution is -2.26. The highest BCUT2D eigenvalue weighted by atomic mass is 32.2. The maximum absolute atomic E-state index is 11.7. The summed E-state index contributed by atoms with van der Waals surface area (Å²) in [7, 11) is 0. The minimum Gasteiger partial charge on any atom is -0.507 e. The molecule has 1 aromatic carbocycles. The van der Waals surface area contributed by atoms with Gasteiger partial charge in [-0.1, -0.05) is 13.3 Å². The third-order valence-corrected chi connectivity index (χ3v) is 8.48. The monoisotopic (exact) mass is 514 g/mol. The van der Waals surface area contributed by atoms with E-state index in [9.17, 15) is 19.5 Å². The Morgan fingerprint density at radius 1 is 1.21 bits per heavy atom. The number of carboxylic acids is 2. The van der Waals surface area contributed by atoms with Crippen LogP contribution in [0.2, 0.25) is 0 Å². The normalized spacial score (nSPS) is 16.9. The van der Waals surface area contributed by atoms with Gasteiger partial charge < -0.3 is 24.8 Å². The average molecular weight is 515 g/mol. The van der Waals surface area contributed by atoms with Crippen molar-refractivity contribution in [1.29, 1.82) is 0 Å². The zero-order valence-electron chi connectivity index (χ0n) is 19.7. The number of ketones is 1. The van der Waals surface area contributed by atoms with E-state index in [-0.39, 0.29) is 29.6 Å². The van der Waals surface area contributed by atoms with Crippen molar-refractivity contribution >= 4 is 41.2 Å². The number of Topliss-reactive ketones (excluding diaryl/α,β-unsaturated/α-hetero) is 1. The minimum atomic E-state index is -0.914. The molecular formula is C24H34O8S2. The predicted octanol–water partition coefficient (Wildman–Crippen LogP) is 4.61. The number of rotatable bonds is 16. The van der Waals surface area contributed by atoms with Crippen LogP contribution in [0, 0.1) is 0 Å². The summed E-state index contributed by atoms with van der Waals surface area (Å²) in [5.74, 6) is 0.286. The summed E-state index contributed by atoms with van der Waals surface area (Å²) in [5, 5.41) is 28.6. The van der Waals surface area contributed by atoms with E-state index in [1.807, 2.05) is 6.92 Å². The van der Waals surface area contributed by atoms with Crippen LogP contribution in [0.4, 0.5) is 0 Å². The predicted molar refractivity (Wildman–Crippen MR) is 133 cm³/mol. The van der Waals surface area contributed by atoms with Gasteiger partial charge in [0.1, 0.15) is 16.4 Å². The van der Waals surface area contributed by atoms with Crippen LogP contribution in [0.15, 0.2) is 12.1 Å². The number of hydrogen-bond acceptors (Lipinski definition) is 8. The summed E-state index contributed by atoms with van der Waals surface area (Å²) < 4.78 is 11.8. The van der Waals surface area contributed by atoms with E-state index in [4.69, 9.17) is 19.7 Å². The molecule has 10 heteroatoms. The molecule has 190 valence electrons. The van der Waals surface area contributed by atoms with E-state index < -0.39 is 16.9 Å². The van der Waals surface area contributed by atoms with Crippen LogP contribution < -0.4 is 4.74 Å². The summed E-state index contributed by atoms with van der Waals surface area (Å²) in [5.41, 5.74) is 0.979. The number of carbonyl (C=O) groups is 3. The molecule has 2 rings (SSSR count). The lowest BCUT2D eigenvalue weighted by Gasteiger charge is -2.26. The number of phenols is 1. The first kappa shape index (κ1) is 28.3. The number of hydrogen-bond donors (Lipinski definition) is 3. The van der Waals surface area contributed by atoms with Crippen molar-refractivity contribution < 1.29 is 39.2 Å². The van der Waals surface area contributed by atoms with E-state index in [0.29, 0.717) is 49.4 Å². The van der Waals surface area contributed by atoms with Crippen LogP contribution in [0.5, 0.6) is 11.5 Å². The molecule has 0 amide bonds. The third-order valence-electron chi connectivity index (χ3n) is 5.47. The fraction of sp³-hybridized carbons (Fsp3) is 0.625. The molecule has 1 aliphatic rings. The molecule has 0 aliphatic carbocycles. The van der Waals surface area contributed by atoms with Crippen molar-refractivity contribution in [3.05, 3.63) is 23.3 Å². The van der Waals surface area contributed by atoms with Crippen LogP contribution in [0.25, 0.3) is 0 Å². The first-order chi connectivity index (χ1) is 16.2. The molecule has 0 radical (unpaired) electrons. The average Bonchev–Trinajstić information content (AvgIpc) is 3.19. The Labute approximate surface area is 208 Å². The maximum Gasteiger partial charge on any atom is 0.303 e. The molecule has 1 fully saturated rings. The molecule has 0 bridgehead atoms. The Balaban J connectivity index is 1.78. The largest absolute Gasteiger partial charge is 0.507 e. The number of aliphatic carboxylic acids is 2. The number of benzene rings is 1. The highest BCUT2D eigenvalue weighted by Gasteiger charge is 2.41. The second kappa shape index (κ2) is 13.8. The molecule has 34 heavy (non-hydrogen) atoms. The first-order valence-corrected chi connectivity index (χ1v) is 13.5. The van der Waals surface area contributed by atoms with Gasteiger partial charge in [0.05, 0.1) is 18.8 Å². The van der Waals surface area contributed by atoms with E-state index >= 15 is 0 Å². The van der Waals surface area contributed by atoms with E-state index in [1.54, 1.807) is 35.7 Å². The summed E-state index contributed by atoms with van der Waals surface area (Å²) >= 11 is 3.31. The summed E-state index contributed by atoms with van der Waals surface area (Å²) in [4.78, 5) is 32.9. The fourth-order valence-corrected chi connectivity index (χ4v) is 6.50. The van der Waals surface area contributed by atoms with Gasteiger partial charge >= 0.3 is 11.9 Å². The van der Waals surface area contributed by atoms with Gasteiger partial charge in [-0.15, -0.1) is 11.8 Å². The lowest BCUT2D eigenvalue weighted by molar-refractivity contribution is -0.138. The molecule has 1 aromatic rings. The highest BCUT2D eigenvalue weighted by Crippen LogP contribution is 2.45. The van der Waals surface area contributed by atoms with Crippen LogP contribution in [-0.2, 0) is 20.7 Å². The Morgan fingerprint density at radius 3 is 2.47 bits per heavy atom. The van der Waals surface area contributed by atoms with E-state index in [0.717, 1.165) is 24.3 Å². The van der Waals surface area contributed by atoms with Crippen LogP contribution in [0.1, 0.15) is 68.3 Å². The molecule has 1 heterocycles. The smallest absolute Gasteiger partial charge is 0.303 e. The summed E-state index contributed by atoms with van der Waals surface area (Å²) in [6.07, 6.45) is 2.74. The molecule has 1 atom stereocenters. The van der Waals surface area contributed by atoms with Gasteiger partial charge in [-0.2, -0.15) is 11.8 Å². The van der Waals surface area contributed by atoms with Gasteiger partial charge in [0.2, 0.25) is 0 Å². The van der Waals surface area contributed by atoms with Gasteiger partial charge in [-0.3, -0.25) is 14.4 Å². The highest BCUT2D eigenvalue weighted by molar-refractivity contribution is 8.04. The summed E-state index contributed by atoms with van der Waals surface area (Å²) in [6, 6.07) is 3.34. The number of carboxylic acid groups (broad SMARTS) is 2. The zero-order valence-corrected chi connectivity index (χ0v) is 21.3. The lowest BCUT2D eigenvalue weighted by atomic mass is 10.0. The fourth-order valence-electron chi connectivity index (χ4n) is 3.77. The molecular weight excluding hydrogens is 480 g/mol. The summed E-state index contributed by atoms with van der Waals surface area (Å²) in [6.45, 7) is 4.40. The Bertz CT molecular complexity index is 840. The first-order valence-electron chi connectivity index (χ1n) is 11.5. The standard InChI is InChI=1S/C24H34O8S2/c1-3-5-19-20(7-6-18(16(2)25)23(19)30)31-12-4-13-33-15-17-14-32-24(34-17,10-8-21(26)27)11-9-22(28)29/h6-7,17,30H,3-5,8-15H2,1-2H3,(H,26,27)(H,28,29). The number of thioether (sulfide) groups is 2. The maximum atomic E-state index is 11.7. The van der Waals surface area contributed by atoms with Crippen LogP contribution in [-0.4, -0.2) is 67.9 Å².